The van der Waals surface area contributed by atoms with Gasteiger partial charge in [0, 0.05) is 25.4 Å². The molecule has 0 bridgehead atoms. The van der Waals surface area contributed by atoms with Gasteiger partial charge in [-0.3, -0.25) is 9.62 Å². The lowest BCUT2D eigenvalue weighted by molar-refractivity contribution is -0.138. The Bertz CT molecular complexity index is 1530. The highest BCUT2D eigenvalue weighted by atomic mass is 32.2. The predicted octanol–water partition coefficient (Wildman–Crippen LogP) is 4.92. The highest BCUT2D eigenvalue weighted by molar-refractivity contribution is 7.92. The van der Waals surface area contributed by atoms with Crippen molar-refractivity contribution in [3.05, 3.63) is 58.9 Å². The molecule has 0 radical (unpaired) electrons. The van der Waals surface area contributed by atoms with Crippen molar-refractivity contribution in [2.75, 3.05) is 49.6 Å². The summed E-state index contributed by atoms with van der Waals surface area (Å²) in [4.78, 5) is 19.6. The van der Waals surface area contributed by atoms with E-state index in [0.717, 1.165) is 10.6 Å². The molecule has 222 valence electrons. The molecule has 2 N–H and O–H groups in total. The first kappa shape index (κ1) is 31.3. The Kier molecular flexibility index (Phi) is 9.53. The number of nitrogens with one attached hydrogen (secondary N) is 2. The van der Waals surface area contributed by atoms with Gasteiger partial charge in [0.05, 0.1) is 55.9 Å². The summed E-state index contributed by atoms with van der Waals surface area (Å²) in [7, 11) is 1.71. The average Bonchev–Trinajstić information content (AvgIpc) is 2.91. The molecule has 0 saturated heterocycles. The van der Waals surface area contributed by atoms with E-state index in [1.165, 1.54) is 40.5 Å². The number of ether oxygens (including phenoxy) is 3. The number of hydrogen-bond acceptors (Lipinski definition) is 9. The Morgan fingerprint density at radius 1 is 1.05 bits per heavy atom. The van der Waals surface area contributed by atoms with Crippen molar-refractivity contribution in [2.24, 2.45) is 0 Å². The zero-order valence-electron chi connectivity index (χ0n) is 23.2. The number of aromatic nitrogens is 2. The van der Waals surface area contributed by atoms with E-state index in [1.807, 2.05) is 0 Å². The maximum Gasteiger partial charge on any atom is 0.419 e. The second kappa shape index (κ2) is 12.5. The molecule has 0 spiro atoms. The minimum Gasteiger partial charge on any atom is -0.497 e. The molecule has 3 aromatic rings. The number of methoxy groups -OCH3 is 3. The maximum absolute atomic E-state index is 13.9. The van der Waals surface area contributed by atoms with E-state index in [-0.39, 0.29) is 35.9 Å². The number of hydrogen-bond donors (Lipinski definition) is 2. The maximum atomic E-state index is 13.9. The molecular weight excluding hydrogens is 567 g/mol. The van der Waals surface area contributed by atoms with Crippen molar-refractivity contribution < 1.29 is 40.6 Å². The lowest BCUT2D eigenvalue weighted by atomic mass is 10.0. The summed E-state index contributed by atoms with van der Waals surface area (Å²) in [5.41, 5.74) is 0.794. The van der Waals surface area contributed by atoms with Crippen LogP contribution in [0, 0.1) is 6.92 Å². The summed E-state index contributed by atoms with van der Waals surface area (Å²) in [5, 5.41) is 5.42. The molecule has 1 aromatic heterocycles. The zero-order chi connectivity index (χ0) is 30.5. The first-order valence-electron chi connectivity index (χ1n) is 12.0. The number of rotatable bonds is 10. The number of nitrogens with zero attached hydrogens (tertiary/aromatic N) is 3. The number of aryl methyl sites for hydroxylation is 3. The van der Waals surface area contributed by atoms with Gasteiger partial charge < -0.3 is 19.5 Å². The molecule has 0 fully saturated rings. The van der Waals surface area contributed by atoms with Crippen molar-refractivity contribution in [1.29, 1.82) is 0 Å². The van der Waals surface area contributed by atoms with Crippen molar-refractivity contribution in [3.63, 3.8) is 0 Å². The number of carbonyl (C=O) groups is 1. The molecule has 11 nitrogen and oxygen atoms in total. The van der Waals surface area contributed by atoms with Gasteiger partial charge in [-0.25, -0.2) is 23.2 Å². The summed E-state index contributed by atoms with van der Waals surface area (Å²) in [5.74, 6) is 0.530. The van der Waals surface area contributed by atoms with Crippen LogP contribution in [0.1, 0.15) is 22.4 Å². The minimum absolute atomic E-state index is 0.0368. The molecule has 0 aliphatic rings. The topological polar surface area (TPSA) is 132 Å². The minimum atomic E-state index is -4.73. The lowest BCUT2D eigenvalue weighted by Gasteiger charge is -2.21. The smallest absolute Gasteiger partial charge is 0.419 e. The SMILES string of the molecule is COC(=O)Nc1cc(OC)c(Nc2ncc(C(F)(F)F)c(CCc3ccc(OC)cc3N(C)S(C)(=O)=O)n2)cc1C. The first-order valence-corrected chi connectivity index (χ1v) is 13.9. The summed E-state index contributed by atoms with van der Waals surface area (Å²) in [6.45, 7) is 1.70. The number of halogens is 3. The van der Waals surface area contributed by atoms with Crippen LogP contribution in [0.5, 0.6) is 11.5 Å². The van der Waals surface area contributed by atoms with Crippen LogP contribution in [0.25, 0.3) is 0 Å². The number of benzene rings is 2. The molecule has 41 heavy (non-hydrogen) atoms. The highest BCUT2D eigenvalue weighted by Crippen LogP contribution is 2.36. The van der Waals surface area contributed by atoms with Crippen LogP contribution < -0.4 is 24.4 Å². The average molecular weight is 598 g/mol. The predicted molar refractivity (Wildman–Crippen MR) is 148 cm³/mol. The van der Waals surface area contributed by atoms with Gasteiger partial charge in [0.25, 0.3) is 0 Å². The van der Waals surface area contributed by atoms with Crippen LogP contribution in [0.3, 0.4) is 0 Å². The molecule has 2 aromatic carbocycles. The zero-order valence-corrected chi connectivity index (χ0v) is 24.0. The first-order chi connectivity index (χ1) is 19.2. The summed E-state index contributed by atoms with van der Waals surface area (Å²) < 4.78 is 82.2. The Balaban J connectivity index is 1.98. The standard InChI is InChI=1S/C26H30F3N5O6S/c1-15-11-21(23(39-4)13-20(15)33-25(35)40-5)32-24-30-14-18(26(27,28)29)19(31-24)10-8-16-7-9-17(38-3)12-22(16)34(2)41(6,36)37/h7,9,11-14H,8,10H2,1-6H3,(H,33,35)(H,30,31,32). The Morgan fingerprint density at radius 2 is 1.76 bits per heavy atom. The van der Waals surface area contributed by atoms with Crippen LogP contribution in [0.2, 0.25) is 0 Å². The Labute approximate surface area is 235 Å². The number of carbonyl (C=O) groups excluding carboxylic acids is 1. The summed E-state index contributed by atoms with van der Waals surface area (Å²) in [6, 6.07) is 7.82. The molecule has 0 saturated carbocycles. The van der Waals surface area contributed by atoms with Crippen LogP contribution in [0.15, 0.2) is 36.5 Å². The van der Waals surface area contributed by atoms with E-state index in [1.54, 1.807) is 25.1 Å². The van der Waals surface area contributed by atoms with Crippen molar-refractivity contribution in [1.82, 2.24) is 9.97 Å². The molecule has 0 atom stereocenters. The molecule has 0 unspecified atom stereocenters. The highest BCUT2D eigenvalue weighted by Gasteiger charge is 2.35. The third-order valence-corrected chi connectivity index (χ3v) is 7.34. The van der Waals surface area contributed by atoms with E-state index in [0.29, 0.717) is 34.4 Å². The van der Waals surface area contributed by atoms with E-state index in [9.17, 15) is 26.4 Å². The largest absolute Gasteiger partial charge is 0.497 e. The van der Waals surface area contributed by atoms with Crippen molar-refractivity contribution >= 4 is 39.1 Å². The number of sulfonamides is 1. The molecule has 15 heteroatoms. The van der Waals surface area contributed by atoms with Crippen LogP contribution in [-0.2, 0) is 33.8 Å². The van der Waals surface area contributed by atoms with Crippen LogP contribution >= 0.6 is 0 Å². The monoisotopic (exact) mass is 597 g/mol. The van der Waals surface area contributed by atoms with Crippen LogP contribution in [0.4, 0.5) is 41.0 Å². The molecular formula is C26H30F3N5O6S. The Hall–Kier alpha value is -4.27. The van der Waals surface area contributed by atoms with E-state index in [2.05, 4.69) is 25.3 Å². The lowest BCUT2D eigenvalue weighted by Crippen LogP contribution is -2.26. The third-order valence-electron chi connectivity index (χ3n) is 6.15. The van der Waals surface area contributed by atoms with Crippen LogP contribution in [-0.4, -0.2) is 59.1 Å². The van der Waals surface area contributed by atoms with Gasteiger partial charge in [0.2, 0.25) is 16.0 Å². The second-order valence-electron chi connectivity index (χ2n) is 8.89. The van der Waals surface area contributed by atoms with Crippen molar-refractivity contribution in [2.45, 2.75) is 25.9 Å². The van der Waals surface area contributed by atoms with E-state index in [4.69, 9.17) is 9.47 Å². The van der Waals surface area contributed by atoms with Gasteiger partial charge in [-0.1, -0.05) is 6.07 Å². The fraction of sp³-hybridized carbons (Fsp3) is 0.346. The molecule has 1 amide bonds. The van der Waals surface area contributed by atoms with Gasteiger partial charge in [0.15, 0.2) is 0 Å². The van der Waals surface area contributed by atoms with Gasteiger partial charge in [-0.2, -0.15) is 13.2 Å². The van der Waals surface area contributed by atoms with Gasteiger partial charge in [0.1, 0.15) is 11.5 Å². The third kappa shape index (κ3) is 7.68. The van der Waals surface area contributed by atoms with Gasteiger partial charge in [-0.15, -0.1) is 0 Å². The van der Waals surface area contributed by atoms with Gasteiger partial charge in [-0.05, 0) is 43.0 Å². The van der Waals surface area contributed by atoms with Crippen molar-refractivity contribution in [3.8, 4) is 11.5 Å². The van der Waals surface area contributed by atoms with E-state index < -0.39 is 27.9 Å². The van der Waals surface area contributed by atoms with E-state index >= 15 is 0 Å². The summed E-state index contributed by atoms with van der Waals surface area (Å²) >= 11 is 0. The molecule has 0 aliphatic heterocycles. The molecule has 3 rings (SSSR count). The van der Waals surface area contributed by atoms with Gasteiger partial charge >= 0.3 is 12.3 Å². The fourth-order valence-electron chi connectivity index (χ4n) is 3.88. The molecule has 1 heterocycles. The second-order valence-corrected chi connectivity index (χ2v) is 10.9. The molecule has 0 aliphatic carbocycles. The Morgan fingerprint density at radius 3 is 2.34 bits per heavy atom. The fourth-order valence-corrected chi connectivity index (χ4v) is 4.41. The number of alkyl halides is 3. The number of anilines is 4. The normalized spacial score (nSPS) is 11.5. The summed E-state index contributed by atoms with van der Waals surface area (Å²) in [6.07, 6.45) is -3.84. The number of amides is 1. The quantitative estimate of drug-likeness (QED) is 0.334.